The highest BCUT2D eigenvalue weighted by molar-refractivity contribution is 7.99. The fraction of sp³-hybridized carbons (Fsp3) is 0.250. The number of carbonyl (C=O) groups is 2. The molecule has 0 saturated heterocycles. The van der Waals surface area contributed by atoms with Crippen molar-refractivity contribution in [1.82, 2.24) is 9.55 Å². The fourth-order valence-electron chi connectivity index (χ4n) is 3.20. The van der Waals surface area contributed by atoms with Gasteiger partial charge in [-0.15, -0.1) is 6.58 Å². The van der Waals surface area contributed by atoms with Gasteiger partial charge in [-0.3, -0.25) is 14.2 Å². The molecule has 166 valence electrons. The van der Waals surface area contributed by atoms with Crippen molar-refractivity contribution in [3.05, 3.63) is 76.6 Å². The first kappa shape index (κ1) is 23.3. The molecule has 0 saturated carbocycles. The summed E-state index contributed by atoms with van der Waals surface area (Å²) in [5.41, 5.74) is 1.95. The molecule has 2 aromatic carbocycles. The lowest BCUT2D eigenvalue weighted by Gasteiger charge is -2.12. The predicted molar refractivity (Wildman–Crippen MR) is 128 cm³/mol. The number of nitrogens with zero attached hydrogens (tertiary/aromatic N) is 2. The third kappa shape index (κ3) is 5.64. The number of nitrogens with one attached hydrogen (secondary N) is 1. The van der Waals surface area contributed by atoms with Crippen LogP contribution < -0.4 is 10.9 Å². The molecule has 0 radical (unpaired) electrons. The quantitative estimate of drug-likeness (QED) is 0.270. The Bertz CT molecular complexity index is 1200. The molecule has 1 amide bonds. The van der Waals surface area contributed by atoms with E-state index in [9.17, 15) is 19.5 Å². The topological polar surface area (TPSA) is 101 Å². The van der Waals surface area contributed by atoms with Crippen molar-refractivity contribution in [2.75, 3.05) is 11.1 Å². The van der Waals surface area contributed by atoms with Crippen LogP contribution in [0.3, 0.4) is 0 Å². The van der Waals surface area contributed by atoms with E-state index in [1.165, 1.54) is 28.3 Å². The Morgan fingerprint density at radius 2 is 1.97 bits per heavy atom. The van der Waals surface area contributed by atoms with Crippen molar-refractivity contribution in [2.24, 2.45) is 0 Å². The SMILES string of the molecule is C=CCn1c(SCC(=O)Nc2ccc(CCCC)cc2)nc2cc(C(=O)O)ccc2c1=O. The predicted octanol–water partition coefficient (Wildman–Crippen LogP) is 4.35. The number of hydrogen-bond acceptors (Lipinski definition) is 5. The van der Waals surface area contributed by atoms with Crippen LogP contribution in [0.25, 0.3) is 10.9 Å². The summed E-state index contributed by atoms with van der Waals surface area (Å²) in [6.07, 6.45) is 4.85. The summed E-state index contributed by atoms with van der Waals surface area (Å²) >= 11 is 1.12. The second-order valence-corrected chi connectivity index (χ2v) is 8.22. The number of aromatic nitrogens is 2. The lowest BCUT2D eigenvalue weighted by atomic mass is 10.1. The van der Waals surface area contributed by atoms with Gasteiger partial charge < -0.3 is 10.4 Å². The van der Waals surface area contributed by atoms with Gasteiger partial charge in [-0.2, -0.15) is 0 Å². The number of allylic oxidation sites excluding steroid dienone is 1. The third-order valence-corrected chi connectivity index (χ3v) is 5.84. The molecule has 0 bridgehead atoms. The van der Waals surface area contributed by atoms with Crippen molar-refractivity contribution in [3.8, 4) is 0 Å². The largest absolute Gasteiger partial charge is 0.478 e. The van der Waals surface area contributed by atoms with Crippen molar-refractivity contribution in [1.29, 1.82) is 0 Å². The van der Waals surface area contributed by atoms with Gasteiger partial charge in [0.15, 0.2) is 5.16 Å². The normalized spacial score (nSPS) is 10.8. The summed E-state index contributed by atoms with van der Waals surface area (Å²) in [5, 5.41) is 12.7. The minimum Gasteiger partial charge on any atom is -0.478 e. The first-order valence-electron chi connectivity index (χ1n) is 10.3. The monoisotopic (exact) mass is 451 g/mol. The Balaban J connectivity index is 1.77. The van der Waals surface area contributed by atoms with Gasteiger partial charge in [-0.1, -0.05) is 43.3 Å². The molecular formula is C24H25N3O4S. The highest BCUT2D eigenvalue weighted by Gasteiger charge is 2.14. The zero-order chi connectivity index (χ0) is 23.1. The van der Waals surface area contributed by atoms with Crippen LogP contribution in [0.2, 0.25) is 0 Å². The first-order valence-corrected chi connectivity index (χ1v) is 11.3. The number of aryl methyl sites for hydroxylation is 1. The van der Waals surface area contributed by atoms with E-state index in [-0.39, 0.29) is 34.8 Å². The van der Waals surface area contributed by atoms with Gasteiger partial charge in [0, 0.05) is 12.2 Å². The van der Waals surface area contributed by atoms with Gasteiger partial charge in [-0.25, -0.2) is 9.78 Å². The van der Waals surface area contributed by atoms with Crippen LogP contribution >= 0.6 is 11.8 Å². The Hall–Kier alpha value is -3.39. The second-order valence-electron chi connectivity index (χ2n) is 7.27. The minimum absolute atomic E-state index is 0.0435. The van der Waals surface area contributed by atoms with E-state index in [1.807, 2.05) is 24.3 Å². The Morgan fingerprint density at radius 3 is 2.62 bits per heavy atom. The molecule has 0 atom stereocenters. The molecule has 3 aromatic rings. The average molecular weight is 452 g/mol. The summed E-state index contributed by atoms with van der Waals surface area (Å²) in [7, 11) is 0. The third-order valence-electron chi connectivity index (χ3n) is 4.87. The number of anilines is 1. The van der Waals surface area contributed by atoms with Gasteiger partial charge >= 0.3 is 5.97 Å². The summed E-state index contributed by atoms with van der Waals surface area (Å²) in [4.78, 5) is 41.1. The molecule has 0 spiro atoms. The molecule has 0 aliphatic heterocycles. The number of carboxylic acid groups (broad SMARTS) is 1. The highest BCUT2D eigenvalue weighted by Crippen LogP contribution is 2.20. The van der Waals surface area contributed by atoms with Gasteiger partial charge in [0.2, 0.25) is 5.91 Å². The van der Waals surface area contributed by atoms with Crippen molar-refractivity contribution in [2.45, 2.75) is 37.9 Å². The standard InChI is InChI=1S/C24H25N3O4S/c1-3-5-6-16-7-10-18(11-8-16)25-21(28)15-32-24-26-20-14-17(23(30)31)9-12-19(20)22(29)27(24)13-4-2/h4,7-12,14H,2-3,5-6,13,15H2,1H3,(H,25,28)(H,30,31). The van der Waals surface area contributed by atoms with Crippen LogP contribution in [0.5, 0.6) is 0 Å². The highest BCUT2D eigenvalue weighted by atomic mass is 32.2. The van der Waals surface area contributed by atoms with Crippen molar-refractivity contribution in [3.63, 3.8) is 0 Å². The van der Waals surface area contributed by atoms with E-state index >= 15 is 0 Å². The molecule has 1 heterocycles. The smallest absolute Gasteiger partial charge is 0.335 e. The van der Waals surface area contributed by atoms with Gasteiger partial charge in [0.1, 0.15) is 0 Å². The van der Waals surface area contributed by atoms with Crippen LogP contribution in [0.1, 0.15) is 35.7 Å². The lowest BCUT2D eigenvalue weighted by Crippen LogP contribution is -2.24. The zero-order valence-corrected chi connectivity index (χ0v) is 18.7. The fourth-order valence-corrected chi connectivity index (χ4v) is 4.01. The summed E-state index contributed by atoms with van der Waals surface area (Å²) in [5.74, 6) is -1.28. The van der Waals surface area contributed by atoms with Crippen molar-refractivity contribution >= 4 is 40.2 Å². The maximum Gasteiger partial charge on any atom is 0.335 e. The summed E-state index contributed by atoms with van der Waals surface area (Å²) in [6, 6.07) is 12.0. The van der Waals surface area contributed by atoms with E-state index in [4.69, 9.17) is 0 Å². The number of hydrogen-bond donors (Lipinski definition) is 2. The average Bonchev–Trinajstić information content (AvgIpc) is 2.79. The van der Waals surface area contributed by atoms with E-state index < -0.39 is 5.97 Å². The van der Waals surface area contributed by atoms with E-state index in [2.05, 4.69) is 23.8 Å². The van der Waals surface area contributed by atoms with Crippen LogP contribution in [-0.2, 0) is 17.8 Å². The van der Waals surface area contributed by atoms with Crippen LogP contribution in [0.15, 0.2) is 65.1 Å². The molecular weight excluding hydrogens is 426 g/mol. The molecule has 7 nitrogen and oxygen atoms in total. The lowest BCUT2D eigenvalue weighted by molar-refractivity contribution is -0.113. The molecule has 1 aromatic heterocycles. The van der Waals surface area contributed by atoms with E-state index in [1.54, 1.807) is 6.08 Å². The van der Waals surface area contributed by atoms with Crippen molar-refractivity contribution < 1.29 is 14.7 Å². The van der Waals surface area contributed by atoms with Gasteiger partial charge in [0.05, 0.1) is 22.2 Å². The van der Waals surface area contributed by atoms with Crippen LogP contribution in [0.4, 0.5) is 5.69 Å². The molecule has 0 aliphatic carbocycles. The molecule has 2 N–H and O–H groups in total. The number of thioether (sulfide) groups is 1. The Kier molecular flexibility index (Phi) is 7.83. The minimum atomic E-state index is -1.10. The van der Waals surface area contributed by atoms with E-state index in [0.717, 1.165) is 31.0 Å². The van der Waals surface area contributed by atoms with E-state index in [0.29, 0.717) is 16.2 Å². The maximum absolute atomic E-state index is 12.9. The summed E-state index contributed by atoms with van der Waals surface area (Å²) in [6.45, 7) is 6.06. The van der Waals surface area contributed by atoms with Crippen LogP contribution in [-0.4, -0.2) is 32.3 Å². The second kappa shape index (κ2) is 10.8. The number of amides is 1. The number of carbonyl (C=O) groups excluding carboxylic acids is 1. The number of fused-ring (bicyclic) bond motifs is 1. The molecule has 0 unspecified atom stereocenters. The summed E-state index contributed by atoms with van der Waals surface area (Å²) < 4.78 is 1.43. The Labute approximate surface area is 190 Å². The number of unbranched alkanes of at least 4 members (excludes halogenated alkanes) is 1. The number of benzene rings is 2. The molecule has 8 heteroatoms. The molecule has 0 aliphatic rings. The molecule has 32 heavy (non-hydrogen) atoms. The molecule has 3 rings (SSSR count). The zero-order valence-electron chi connectivity index (χ0n) is 17.8. The number of rotatable bonds is 10. The molecule has 0 fully saturated rings. The van der Waals surface area contributed by atoms with Gasteiger partial charge in [-0.05, 0) is 48.7 Å². The number of carboxylic acids is 1. The number of aromatic carboxylic acids is 1. The first-order chi connectivity index (χ1) is 15.4. The maximum atomic E-state index is 12.9. The Morgan fingerprint density at radius 1 is 1.22 bits per heavy atom. The van der Waals surface area contributed by atoms with Gasteiger partial charge in [0.25, 0.3) is 5.56 Å². The van der Waals surface area contributed by atoms with Crippen LogP contribution in [0, 0.1) is 0 Å².